The lowest BCUT2D eigenvalue weighted by Crippen LogP contribution is -2.24. The van der Waals surface area contributed by atoms with E-state index in [9.17, 15) is 9.59 Å². The van der Waals surface area contributed by atoms with Crippen LogP contribution in [0.3, 0.4) is 0 Å². The Balaban J connectivity index is 1.54. The molecule has 8 heteroatoms. The molecule has 0 atom stereocenters. The summed E-state index contributed by atoms with van der Waals surface area (Å²) in [5.41, 5.74) is 5.80. The van der Waals surface area contributed by atoms with Gasteiger partial charge in [0.2, 0.25) is 11.8 Å². The van der Waals surface area contributed by atoms with Crippen molar-refractivity contribution in [1.82, 2.24) is 5.43 Å². The molecule has 3 aromatic carbocycles. The van der Waals surface area contributed by atoms with Gasteiger partial charge in [-0.2, -0.15) is 5.10 Å². The van der Waals surface area contributed by atoms with E-state index in [0.29, 0.717) is 41.7 Å². The summed E-state index contributed by atoms with van der Waals surface area (Å²) in [6.07, 6.45) is 1.09. The van der Waals surface area contributed by atoms with Crippen molar-refractivity contribution < 1.29 is 23.8 Å². The normalized spacial score (nSPS) is 10.6. The largest absolute Gasteiger partial charge is 0.495 e. The molecule has 0 aliphatic heterocycles. The number of anilines is 1. The Morgan fingerprint density at radius 1 is 0.914 bits per heavy atom. The summed E-state index contributed by atoms with van der Waals surface area (Å²) in [4.78, 5) is 24.2. The van der Waals surface area contributed by atoms with Gasteiger partial charge in [0.05, 0.1) is 25.6 Å². The quantitative estimate of drug-likeness (QED) is 0.242. The smallest absolute Gasteiger partial charge is 0.249 e. The Morgan fingerprint density at radius 3 is 2.43 bits per heavy atom. The van der Waals surface area contributed by atoms with Crippen molar-refractivity contribution in [2.24, 2.45) is 5.10 Å². The third-order valence-electron chi connectivity index (χ3n) is 4.89. The highest BCUT2D eigenvalue weighted by molar-refractivity contribution is 6.04. The molecule has 0 radical (unpaired) electrons. The number of methoxy groups -OCH3 is 1. The fourth-order valence-corrected chi connectivity index (χ4v) is 3.14. The fraction of sp³-hybridized carbons (Fsp3) is 0.222. The first-order valence-corrected chi connectivity index (χ1v) is 11.2. The molecule has 0 aliphatic rings. The zero-order valence-electron chi connectivity index (χ0n) is 20.0. The van der Waals surface area contributed by atoms with Crippen LogP contribution in [0.25, 0.3) is 0 Å². The summed E-state index contributed by atoms with van der Waals surface area (Å²) >= 11 is 0. The van der Waals surface area contributed by atoms with E-state index < -0.39 is 11.8 Å². The molecule has 0 unspecified atom stereocenters. The van der Waals surface area contributed by atoms with E-state index in [2.05, 4.69) is 15.8 Å². The summed E-state index contributed by atoms with van der Waals surface area (Å²) in [7, 11) is 1.51. The highest BCUT2D eigenvalue weighted by Gasteiger charge is 2.11. The van der Waals surface area contributed by atoms with Crippen LogP contribution < -0.4 is 25.0 Å². The van der Waals surface area contributed by atoms with Crippen LogP contribution in [0.5, 0.6) is 17.2 Å². The summed E-state index contributed by atoms with van der Waals surface area (Å²) in [6.45, 7) is 4.82. The highest BCUT2D eigenvalue weighted by atomic mass is 16.5. The molecule has 0 aromatic heterocycles. The molecular formula is C27H29N3O5. The second kappa shape index (κ2) is 12.8. The second-order valence-corrected chi connectivity index (χ2v) is 7.63. The number of hydrogen-bond donors (Lipinski definition) is 2. The number of benzene rings is 3. The van der Waals surface area contributed by atoms with E-state index in [-0.39, 0.29) is 6.42 Å². The zero-order chi connectivity index (χ0) is 25.0. The Morgan fingerprint density at radius 2 is 1.69 bits per heavy atom. The molecule has 3 aromatic rings. The maximum atomic E-state index is 12.1. The summed E-state index contributed by atoms with van der Waals surface area (Å²) < 4.78 is 16.8. The van der Waals surface area contributed by atoms with Gasteiger partial charge in [0.15, 0.2) is 11.5 Å². The maximum absolute atomic E-state index is 12.1. The van der Waals surface area contributed by atoms with Crippen LogP contribution in [0.15, 0.2) is 71.8 Å². The van der Waals surface area contributed by atoms with Crippen molar-refractivity contribution in [2.45, 2.75) is 26.9 Å². The Labute approximate surface area is 204 Å². The number of nitrogens with one attached hydrogen (secondary N) is 2. The molecule has 0 aliphatic carbocycles. The monoisotopic (exact) mass is 475 g/mol. The van der Waals surface area contributed by atoms with Gasteiger partial charge in [-0.05, 0) is 55.3 Å². The van der Waals surface area contributed by atoms with Crippen LogP contribution in [-0.4, -0.2) is 31.7 Å². The lowest BCUT2D eigenvalue weighted by atomic mass is 10.2. The Kier molecular flexibility index (Phi) is 9.24. The molecule has 0 bridgehead atoms. The number of carbonyl (C=O) groups is 2. The molecular weight excluding hydrogens is 446 g/mol. The fourth-order valence-electron chi connectivity index (χ4n) is 3.14. The molecule has 0 saturated carbocycles. The number of ether oxygens (including phenoxy) is 3. The minimum atomic E-state index is -0.545. The minimum absolute atomic E-state index is 0.384. The van der Waals surface area contributed by atoms with Crippen molar-refractivity contribution in [1.29, 1.82) is 0 Å². The van der Waals surface area contributed by atoms with E-state index in [4.69, 9.17) is 14.2 Å². The van der Waals surface area contributed by atoms with Crippen LogP contribution >= 0.6 is 0 Å². The van der Waals surface area contributed by atoms with Crippen LogP contribution in [0.4, 0.5) is 5.69 Å². The van der Waals surface area contributed by atoms with Crippen molar-refractivity contribution >= 4 is 23.7 Å². The van der Waals surface area contributed by atoms with E-state index >= 15 is 0 Å². The van der Waals surface area contributed by atoms with E-state index in [1.54, 1.807) is 42.5 Å². The third kappa shape index (κ3) is 7.89. The van der Waals surface area contributed by atoms with Gasteiger partial charge in [-0.25, -0.2) is 5.43 Å². The van der Waals surface area contributed by atoms with Gasteiger partial charge >= 0.3 is 0 Å². The van der Waals surface area contributed by atoms with Crippen LogP contribution in [0, 0.1) is 6.92 Å². The number of aryl methyl sites for hydroxylation is 1. The highest BCUT2D eigenvalue weighted by Crippen LogP contribution is 2.29. The van der Waals surface area contributed by atoms with Gasteiger partial charge in [-0.1, -0.05) is 42.0 Å². The molecule has 0 heterocycles. The topological polar surface area (TPSA) is 98.2 Å². The molecule has 2 amide bonds. The SMILES string of the molecule is CCOc1cc(C=NNC(=O)CC(=O)Nc2ccccc2OC)ccc1OCc1ccc(C)cc1. The number of nitrogens with zero attached hydrogens (tertiary/aromatic N) is 1. The van der Waals surface area contributed by atoms with Gasteiger partial charge in [0.1, 0.15) is 18.8 Å². The molecule has 0 saturated heterocycles. The maximum Gasteiger partial charge on any atom is 0.249 e. The second-order valence-electron chi connectivity index (χ2n) is 7.63. The standard InChI is InChI=1S/C27H29N3O5/c1-4-34-25-15-21(13-14-24(25)35-18-20-11-9-19(2)10-12-20)17-28-30-27(32)16-26(31)29-22-7-5-6-8-23(22)33-3/h5-15,17H,4,16,18H2,1-3H3,(H,29,31)(H,30,32). The summed E-state index contributed by atoms with van der Waals surface area (Å²) in [5.74, 6) is 0.677. The van der Waals surface area contributed by atoms with Gasteiger partial charge in [-0.15, -0.1) is 0 Å². The first-order valence-electron chi connectivity index (χ1n) is 11.2. The molecule has 0 fully saturated rings. The van der Waals surface area contributed by atoms with Crippen LogP contribution in [0.1, 0.15) is 30.0 Å². The van der Waals surface area contributed by atoms with Gasteiger partial charge in [0, 0.05) is 0 Å². The lowest BCUT2D eigenvalue weighted by molar-refractivity contribution is -0.126. The van der Waals surface area contributed by atoms with E-state index in [0.717, 1.165) is 5.56 Å². The van der Waals surface area contributed by atoms with Crippen molar-refractivity contribution in [3.63, 3.8) is 0 Å². The molecule has 0 spiro atoms. The van der Waals surface area contributed by atoms with Gasteiger partial charge in [0.25, 0.3) is 0 Å². The van der Waals surface area contributed by atoms with Crippen molar-refractivity contribution in [2.75, 3.05) is 19.0 Å². The number of rotatable bonds is 11. The summed E-state index contributed by atoms with van der Waals surface area (Å²) in [6, 6.07) is 20.5. The van der Waals surface area contributed by atoms with Crippen LogP contribution in [0.2, 0.25) is 0 Å². The average molecular weight is 476 g/mol. The van der Waals surface area contributed by atoms with Crippen LogP contribution in [-0.2, 0) is 16.2 Å². The van der Waals surface area contributed by atoms with E-state index in [1.165, 1.54) is 18.9 Å². The number of carbonyl (C=O) groups excluding carboxylic acids is 2. The zero-order valence-corrected chi connectivity index (χ0v) is 20.0. The summed E-state index contributed by atoms with van der Waals surface area (Å²) in [5, 5.41) is 6.59. The third-order valence-corrected chi connectivity index (χ3v) is 4.89. The van der Waals surface area contributed by atoms with Gasteiger partial charge < -0.3 is 19.5 Å². The molecule has 8 nitrogen and oxygen atoms in total. The predicted molar refractivity (Wildman–Crippen MR) is 135 cm³/mol. The lowest BCUT2D eigenvalue weighted by Gasteiger charge is -2.13. The predicted octanol–water partition coefficient (Wildman–Crippen LogP) is 4.46. The first kappa shape index (κ1) is 25.3. The Hall–Kier alpha value is -4.33. The minimum Gasteiger partial charge on any atom is -0.495 e. The first-order chi connectivity index (χ1) is 17.0. The van der Waals surface area contributed by atoms with Gasteiger partial charge in [-0.3, -0.25) is 9.59 Å². The molecule has 182 valence electrons. The average Bonchev–Trinajstić information content (AvgIpc) is 2.85. The molecule has 2 N–H and O–H groups in total. The molecule has 3 rings (SSSR count). The van der Waals surface area contributed by atoms with Crippen molar-refractivity contribution in [3.05, 3.63) is 83.4 Å². The van der Waals surface area contributed by atoms with Crippen molar-refractivity contribution in [3.8, 4) is 17.2 Å². The number of hydrazone groups is 1. The number of para-hydroxylation sites is 2. The number of hydrogen-bond acceptors (Lipinski definition) is 6. The Bertz CT molecular complexity index is 1180. The van der Waals surface area contributed by atoms with E-state index in [1.807, 2.05) is 38.1 Å². The molecule has 35 heavy (non-hydrogen) atoms. The number of amides is 2.